The molecule has 8 nitrogen and oxygen atoms in total. The summed E-state index contributed by atoms with van der Waals surface area (Å²) in [5, 5.41) is 9.51. The number of aromatic amines is 1. The zero-order chi connectivity index (χ0) is 18.9. The van der Waals surface area contributed by atoms with Crippen LogP contribution in [0.3, 0.4) is 0 Å². The highest BCUT2D eigenvalue weighted by Gasteiger charge is 2.36. The number of nitriles is 1. The van der Waals surface area contributed by atoms with E-state index in [1.54, 1.807) is 12.1 Å². The first-order valence-electron chi connectivity index (χ1n) is 7.37. The van der Waals surface area contributed by atoms with Crippen LogP contribution in [0.5, 0.6) is 0 Å². The van der Waals surface area contributed by atoms with E-state index in [-0.39, 0.29) is 21.5 Å². The molecule has 0 saturated heterocycles. The summed E-state index contributed by atoms with van der Waals surface area (Å²) >= 11 is 0. The molecule has 134 valence electrons. The van der Waals surface area contributed by atoms with Crippen LogP contribution in [-0.2, 0) is 20.2 Å². The molecule has 0 aliphatic rings. The van der Waals surface area contributed by atoms with Gasteiger partial charge < -0.3 is 4.98 Å². The summed E-state index contributed by atoms with van der Waals surface area (Å²) < 4.78 is 53.8. The van der Waals surface area contributed by atoms with Gasteiger partial charge in [0.25, 0.3) is 10.0 Å². The van der Waals surface area contributed by atoms with Gasteiger partial charge >= 0.3 is 10.2 Å². The fourth-order valence-corrected chi connectivity index (χ4v) is 5.76. The summed E-state index contributed by atoms with van der Waals surface area (Å²) in [5.74, 6) is 0. The molecule has 0 saturated carbocycles. The van der Waals surface area contributed by atoms with Gasteiger partial charge in [-0.05, 0) is 24.3 Å². The lowest BCUT2D eigenvalue weighted by Crippen LogP contribution is -2.43. The molecule has 3 aromatic rings. The number of H-pyrrole nitrogens is 1. The molecule has 0 radical (unpaired) electrons. The Morgan fingerprint density at radius 1 is 1.04 bits per heavy atom. The maximum absolute atomic E-state index is 13.1. The number of fused-ring (bicyclic) bond motifs is 1. The number of nitrogens with zero attached hydrogens (tertiary/aromatic N) is 2. The summed E-state index contributed by atoms with van der Waals surface area (Å²) in [7, 11) is -7.78. The smallest absolute Gasteiger partial charge is 0.314 e. The zero-order valence-corrected chi connectivity index (χ0v) is 15.2. The second kappa shape index (κ2) is 6.45. The predicted octanol–water partition coefficient (Wildman–Crippen LogP) is 1.70. The fraction of sp³-hybridized carbons (Fsp3) is 0.0625. The Morgan fingerprint density at radius 3 is 2.35 bits per heavy atom. The Hall–Kier alpha value is -2.87. The lowest BCUT2D eigenvalue weighted by atomic mass is 10.1. The Bertz CT molecular complexity index is 1210. The molecule has 3 rings (SSSR count). The summed E-state index contributed by atoms with van der Waals surface area (Å²) in [6.45, 7) is 0. The molecule has 0 fully saturated rings. The second-order valence-corrected chi connectivity index (χ2v) is 8.98. The molecule has 0 aliphatic carbocycles. The number of anilines is 1. The van der Waals surface area contributed by atoms with Crippen molar-refractivity contribution in [2.24, 2.45) is 0 Å². The molecule has 26 heavy (non-hydrogen) atoms. The van der Waals surface area contributed by atoms with Crippen LogP contribution in [0.15, 0.2) is 59.6 Å². The van der Waals surface area contributed by atoms with Crippen molar-refractivity contribution in [3.05, 3.63) is 60.3 Å². The number of hydrogen-bond acceptors (Lipinski definition) is 5. The van der Waals surface area contributed by atoms with Crippen LogP contribution in [0.25, 0.3) is 10.9 Å². The Morgan fingerprint density at radius 2 is 1.73 bits per heavy atom. The van der Waals surface area contributed by atoms with Gasteiger partial charge in [0.05, 0.1) is 16.1 Å². The van der Waals surface area contributed by atoms with Gasteiger partial charge in [0.1, 0.15) is 6.07 Å². The van der Waals surface area contributed by atoms with E-state index in [1.807, 2.05) is 10.8 Å². The van der Waals surface area contributed by atoms with Crippen LogP contribution in [-0.4, -0.2) is 28.9 Å². The van der Waals surface area contributed by atoms with Gasteiger partial charge in [0.2, 0.25) is 0 Å². The highest BCUT2D eigenvalue weighted by atomic mass is 32.3. The van der Waals surface area contributed by atoms with Gasteiger partial charge in [0.15, 0.2) is 0 Å². The summed E-state index contributed by atoms with van der Waals surface area (Å²) in [5.41, 5.74) is 0.437. The minimum Gasteiger partial charge on any atom is -0.360 e. The number of nitrogens with one attached hydrogen (secondary N) is 2. The minimum atomic E-state index is -4.46. The quantitative estimate of drug-likeness (QED) is 0.686. The lowest BCUT2D eigenvalue weighted by molar-refractivity contribution is 0.579. The van der Waals surface area contributed by atoms with E-state index >= 15 is 0 Å². The molecule has 0 aliphatic heterocycles. The summed E-state index contributed by atoms with van der Waals surface area (Å²) in [6.07, 6.45) is 1.40. The van der Waals surface area contributed by atoms with E-state index in [9.17, 15) is 22.1 Å². The fourth-order valence-electron chi connectivity index (χ4n) is 2.57. The van der Waals surface area contributed by atoms with Crippen LogP contribution in [0.2, 0.25) is 0 Å². The average Bonchev–Trinajstić information content (AvgIpc) is 3.06. The van der Waals surface area contributed by atoms with E-state index in [2.05, 4.69) is 4.98 Å². The van der Waals surface area contributed by atoms with Crippen LogP contribution >= 0.6 is 0 Å². The first kappa shape index (κ1) is 17.9. The van der Waals surface area contributed by atoms with E-state index in [0.29, 0.717) is 9.23 Å². The highest BCUT2D eigenvalue weighted by Crippen LogP contribution is 2.34. The van der Waals surface area contributed by atoms with Crippen molar-refractivity contribution in [3.8, 4) is 6.07 Å². The highest BCUT2D eigenvalue weighted by molar-refractivity contribution is 8.09. The number of sulfonamides is 1. The molecular weight excluding hydrogens is 376 g/mol. The van der Waals surface area contributed by atoms with Gasteiger partial charge in [-0.3, -0.25) is 0 Å². The van der Waals surface area contributed by atoms with Crippen molar-refractivity contribution in [2.75, 3.05) is 10.8 Å². The molecule has 10 heteroatoms. The van der Waals surface area contributed by atoms with Gasteiger partial charge in [-0.25, -0.2) is 0 Å². The number of aromatic nitrogens is 1. The normalized spacial score (nSPS) is 12.0. The average molecular weight is 390 g/mol. The van der Waals surface area contributed by atoms with E-state index < -0.39 is 20.2 Å². The minimum absolute atomic E-state index is 0.134. The summed E-state index contributed by atoms with van der Waals surface area (Å²) in [6, 6.07) is 13.6. The third kappa shape index (κ3) is 2.82. The molecule has 0 amide bonds. The van der Waals surface area contributed by atoms with Crippen molar-refractivity contribution >= 4 is 36.8 Å². The molecule has 2 N–H and O–H groups in total. The molecule has 1 heterocycles. The Labute approximate surface area is 150 Å². The molecular formula is C16H14N4O4S2. The van der Waals surface area contributed by atoms with Crippen molar-refractivity contribution < 1.29 is 16.8 Å². The van der Waals surface area contributed by atoms with Crippen LogP contribution in [0.4, 0.5) is 5.69 Å². The maximum atomic E-state index is 13.1. The van der Waals surface area contributed by atoms with Gasteiger partial charge in [-0.2, -0.15) is 26.8 Å². The van der Waals surface area contributed by atoms with Gasteiger partial charge in [-0.1, -0.05) is 24.3 Å². The largest absolute Gasteiger partial charge is 0.360 e. The molecule has 1 aromatic heterocycles. The lowest BCUT2D eigenvalue weighted by Gasteiger charge is -2.24. The van der Waals surface area contributed by atoms with Crippen molar-refractivity contribution in [3.63, 3.8) is 0 Å². The number of rotatable bonds is 5. The van der Waals surface area contributed by atoms with Gasteiger partial charge in [-0.15, -0.1) is 3.71 Å². The molecule has 0 spiro atoms. The third-order valence-electron chi connectivity index (χ3n) is 3.74. The maximum Gasteiger partial charge on any atom is 0.314 e. The molecule has 2 aromatic carbocycles. The second-order valence-electron chi connectivity index (χ2n) is 5.24. The number of hydrogen-bond donors (Lipinski definition) is 2. The molecule has 0 bridgehead atoms. The van der Waals surface area contributed by atoms with Crippen LogP contribution in [0.1, 0.15) is 5.56 Å². The Balaban J connectivity index is 2.39. The van der Waals surface area contributed by atoms with Crippen LogP contribution in [0, 0.1) is 11.3 Å². The SMILES string of the molecule is CNS(=O)(=O)N(c1cccc2[nH]cc(C#N)c12)S(=O)(=O)c1ccccc1. The number of benzene rings is 2. The standard InChI is InChI=1S/C16H14N4O4S2/c1-18-26(23,24)20(25(21,22)13-6-3-2-4-7-13)15-9-5-8-14-16(15)12(10-17)11-19-14/h2-9,11,18-19H,1H3. The van der Waals surface area contributed by atoms with Gasteiger partial charge in [0, 0.05) is 24.1 Å². The first-order chi connectivity index (χ1) is 12.3. The third-order valence-corrected chi connectivity index (χ3v) is 7.56. The zero-order valence-electron chi connectivity index (χ0n) is 13.5. The van der Waals surface area contributed by atoms with Crippen molar-refractivity contribution in [1.29, 1.82) is 5.26 Å². The van der Waals surface area contributed by atoms with Crippen LogP contribution < -0.4 is 8.43 Å². The topological polar surface area (TPSA) is 123 Å². The van der Waals surface area contributed by atoms with Crippen molar-refractivity contribution in [1.82, 2.24) is 9.71 Å². The van der Waals surface area contributed by atoms with E-state index in [1.165, 1.54) is 42.6 Å². The van der Waals surface area contributed by atoms with E-state index in [0.717, 1.165) is 7.05 Å². The van der Waals surface area contributed by atoms with Crippen molar-refractivity contribution in [2.45, 2.75) is 4.90 Å². The first-order valence-corrected chi connectivity index (χ1v) is 10.2. The molecule has 0 unspecified atom stereocenters. The Kier molecular flexibility index (Phi) is 4.45. The van der Waals surface area contributed by atoms with E-state index in [4.69, 9.17) is 0 Å². The molecule has 0 atom stereocenters. The summed E-state index contributed by atoms with van der Waals surface area (Å²) in [4.78, 5) is 2.65. The monoisotopic (exact) mass is 390 g/mol. The predicted molar refractivity (Wildman–Crippen MR) is 97.1 cm³/mol.